The van der Waals surface area contributed by atoms with Gasteiger partial charge >= 0.3 is 0 Å². The average molecular weight is 292 g/mol. The first-order valence-electron chi connectivity index (χ1n) is 8.02. The Morgan fingerprint density at radius 2 is 1.90 bits per heavy atom. The summed E-state index contributed by atoms with van der Waals surface area (Å²) in [7, 11) is 0. The summed E-state index contributed by atoms with van der Waals surface area (Å²) in [5.41, 5.74) is 6.67. The van der Waals surface area contributed by atoms with Crippen molar-refractivity contribution in [2.75, 3.05) is 11.1 Å². The lowest BCUT2D eigenvalue weighted by Crippen LogP contribution is -2.35. The molecule has 118 valence electrons. The summed E-state index contributed by atoms with van der Waals surface area (Å²) in [6, 6.07) is 0.433. The number of hydrogen-bond donors (Lipinski definition) is 2. The van der Waals surface area contributed by atoms with Crippen molar-refractivity contribution in [2.45, 2.75) is 65.5 Å². The number of nitrogen functional groups attached to an aromatic ring is 1. The third-order valence-corrected chi connectivity index (χ3v) is 4.19. The van der Waals surface area contributed by atoms with Crippen LogP contribution in [0.5, 0.6) is 5.88 Å². The second-order valence-electron chi connectivity index (χ2n) is 6.55. The van der Waals surface area contributed by atoms with Crippen molar-refractivity contribution in [3.63, 3.8) is 0 Å². The topological polar surface area (TPSA) is 73.1 Å². The van der Waals surface area contributed by atoms with Crippen LogP contribution < -0.4 is 15.8 Å². The summed E-state index contributed by atoms with van der Waals surface area (Å²) >= 11 is 0. The Labute approximate surface area is 127 Å². The summed E-state index contributed by atoms with van der Waals surface area (Å²) in [5, 5.41) is 3.54. The highest BCUT2D eigenvalue weighted by Crippen LogP contribution is 2.34. The van der Waals surface area contributed by atoms with Crippen LogP contribution in [0.15, 0.2) is 6.33 Å². The van der Waals surface area contributed by atoms with E-state index < -0.39 is 0 Å². The summed E-state index contributed by atoms with van der Waals surface area (Å²) in [4.78, 5) is 8.43. The van der Waals surface area contributed by atoms with Crippen LogP contribution in [-0.2, 0) is 0 Å². The standard InChI is InChI=1S/C16H28N4O/c1-10(2)12-7-5-6-8-13(12)20-15-14(17)16(19-9-18-15)21-11(3)4/h9-13H,5-8,17H2,1-4H3,(H,18,19,20). The molecule has 0 amide bonds. The molecule has 0 bridgehead atoms. The van der Waals surface area contributed by atoms with Gasteiger partial charge in [-0.25, -0.2) is 4.98 Å². The van der Waals surface area contributed by atoms with Crippen LogP contribution in [0.1, 0.15) is 53.4 Å². The fourth-order valence-corrected chi connectivity index (χ4v) is 3.12. The lowest BCUT2D eigenvalue weighted by Gasteiger charge is -2.35. The molecular formula is C16H28N4O. The summed E-state index contributed by atoms with van der Waals surface area (Å²) in [6.45, 7) is 8.51. The molecule has 1 fully saturated rings. The van der Waals surface area contributed by atoms with Gasteiger partial charge in [-0.05, 0) is 38.5 Å². The molecule has 2 rings (SSSR count). The molecule has 2 atom stereocenters. The number of anilines is 2. The van der Waals surface area contributed by atoms with E-state index in [0.29, 0.717) is 35.3 Å². The zero-order valence-electron chi connectivity index (χ0n) is 13.6. The van der Waals surface area contributed by atoms with E-state index in [1.807, 2.05) is 13.8 Å². The van der Waals surface area contributed by atoms with Gasteiger partial charge in [0.25, 0.3) is 0 Å². The van der Waals surface area contributed by atoms with E-state index in [0.717, 1.165) is 0 Å². The maximum atomic E-state index is 6.16. The maximum Gasteiger partial charge on any atom is 0.242 e. The molecule has 2 unspecified atom stereocenters. The molecule has 0 radical (unpaired) electrons. The fraction of sp³-hybridized carbons (Fsp3) is 0.750. The Morgan fingerprint density at radius 3 is 2.57 bits per heavy atom. The monoisotopic (exact) mass is 292 g/mol. The van der Waals surface area contributed by atoms with Gasteiger partial charge in [0.15, 0.2) is 5.82 Å². The molecule has 1 aromatic rings. The second kappa shape index (κ2) is 6.96. The molecule has 1 aliphatic carbocycles. The lowest BCUT2D eigenvalue weighted by molar-refractivity contribution is 0.233. The van der Waals surface area contributed by atoms with Gasteiger partial charge < -0.3 is 15.8 Å². The Bertz CT molecular complexity index is 462. The smallest absolute Gasteiger partial charge is 0.242 e. The van der Waals surface area contributed by atoms with E-state index in [-0.39, 0.29) is 6.10 Å². The lowest BCUT2D eigenvalue weighted by atomic mass is 9.78. The first-order valence-corrected chi connectivity index (χ1v) is 8.02. The molecular weight excluding hydrogens is 264 g/mol. The van der Waals surface area contributed by atoms with Crippen LogP contribution in [-0.4, -0.2) is 22.1 Å². The van der Waals surface area contributed by atoms with Gasteiger partial charge in [0.2, 0.25) is 5.88 Å². The predicted octanol–water partition coefficient (Wildman–Crippen LogP) is 3.47. The third-order valence-electron chi connectivity index (χ3n) is 4.19. The fourth-order valence-electron chi connectivity index (χ4n) is 3.12. The van der Waals surface area contributed by atoms with Gasteiger partial charge in [-0.3, -0.25) is 0 Å². The van der Waals surface area contributed by atoms with Crippen molar-refractivity contribution in [2.24, 2.45) is 11.8 Å². The van der Waals surface area contributed by atoms with Crippen LogP contribution in [0, 0.1) is 11.8 Å². The Hall–Kier alpha value is -1.52. The van der Waals surface area contributed by atoms with Crippen molar-refractivity contribution < 1.29 is 4.74 Å². The normalized spacial score (nSPS) is 22.6. The van der Waals surface area contributed by atoms with E-state index in [9.17, 15) is 0 Å². The average Bonchev–Trinajstić information content (AvgIpc) is 2.43. The van der Waals surface area contributed by atoms with Gasteiger partial charge in [0.05, 0.1) is 6.10 Å². The summed E-state index contributed by atoms with van der Waals surface area (Å²) < 4.78 is 5.63. The van der Waals surface area contributed by atoms with Crippen molar-refractivity contribution in [1.82, 2.24) is 9.97 Å². The van der Waals surface area contributed by atoms with Crippen LogP contribution >= 0.6 is 0 Å². The van der Waals surface area contributed by atoms with Gasteiger partial charge in [-0.1, -0.05) is 26.7 Å². The zero-order valence-corrected chi connectivity index (χ0v) is 13.6. The molecule has 0 saturated heterocycles. The largest absolute Gasteiger partial charge is 0.473 e. The molecule has 1 aliphatic rings. The Kier molecular flexibility index (Phi) is 5.26. The predicted molar refractivity (Wildman–Crippen MR) is 86.4 cm³/mol. The van der Waals surface area contributed by atoms with E-state index in [1.165, 1.54) is 32.0 Å². The summed E-state index contributed by atoms with van der Waals surface area (Å²) in [6.07, 6.45) is 6.60. The van der Waals surface area contributed by atoms with E-state index in [2.05, 4.69) is 29.1 Å². The number of ether oxygens (including phenoxy) is 1. The molecule has 3 N–H and O–H groups in total. The Morgan fingerprint density at radius 1 is 1.19 bits per heavy atom. The van der Waals surface area contributed by atoms with Crippen LogP contribution in [0.3, 0.4) is 0 Å². The van der Waals surface area contributed by atoms with Gasteiger partial charge in [0, 0.05) is 6.04 Å². The third kappa shape index (κ3) is 3.99. The SMILES string of the molecule is CC(C)Oc1ncnc(NC2CCCCC2C(C)C)c1N. The van der Waals surface area contributed by atoms with Crippen molar-refractivity contribution in [3.8, 4) is 5.88 Å². The molecule has 1 heterocycles. The number of nitrogens with two attached hydrogens (primary N) is 1. The highest BCUT2D eigenvalue weighted by atomic mass is 16.5. The van der Waals surface area contributed by atoms with E-state index >= 15 is 0 Å². The molecule has 5 nitrogen and oxygen atoms in total. The van der Waals surface area contributed by atoms with Crippen LogP contribution in [0.2, 0.25) is 0 Å². The minimum absolute atomic E-state index is 0.0492. The number of hydrogen-bond acceptors (Lipinski definition) is 5. The quantitative estimate of drug-likeness (QED) is 0.869. The van der Waals surface area contributed by atoms with Crippen molar-refractivity contribution in [1.29, 1.82) is 0 Å². The maximum absolute atomic E-state index is 6.16. The highest BCUT2D eigenvalue weighted by molar-refractivity contribution is 5.66. The first-order chi connectivity index (χ1) is 9.99. The zero-order chi connectivity index (χ0) is 15.4. The molecule has 5 heteroatoms. The Balaban J connectivity index is 2.14. The van der Waals surface area contributed by atoms with E-state index in [4.69, 9.17) is 10.5 Å². The van der Waals surface area contributed by atoms with Gasteiger partial charge in [-0.2, -0.15) is 4.98 Å². The number of aromatic nitrogens is 2. The van der Waals surface area contributed by atoms with Gasteiger partial charge in [-0.15, -0.1) is 0 Å². The van der Waals surface area contributed by atoms with Crippen molar-refractivity contribution in [3.05, 3.63) is 6.33 Å². The molecule has 1 aromatic heterocycles. The number of nitrogens with zero attached hydrogens (tertiary/aromatic N) is 2. The van der Waals surface area contributed by atoms with E-state index in [1.54, 1.807) is 0 Å². The van der Waals surface area contributed by atoms with Crippen LogP contribution in [0.4, 0.5) is 11.5 Å². The number of nitrogens with one attached hydrogen (secondary N) is 1. The molecule has 1 saturated carbocycles. The molecule has 0 aromatic carbocycles. The minimum Gasteiger partial charge on any atom is -0.473 e. The summed E-state index contributed by atoms with van der Waals surface area (Å²) in [5.74, 6) is 2.51. The molecule has 21 heavy (non-hydrogen) atoms. The minimum atomic E-state index is 0.0492. The highest BCUT2D eigenvalue weighted by Gasteiger charge is 2.28. The molecule has 0 spiro atoms. The number of rotatable bonds is 5. The van der Waals surface area contributed by atoms with Crippen molar-refractivity contribution >= 4 is 11.5 Å². The first kappa shape index (κ1) is 15.9. The van der Waals surface area contributed by atoms with Gasteiger partial charge in [0.1, 0.15) is 12.0 Å². The molecule has 0 aliphatic heterocycles. The van der Waals surface area contributed by atoms with Crippen LogP contribution in [0.25, 0.3) is 0 Å². The second-order valence-corrected chi connectivity index (χ2v) is 6.55.